The number of benzene rings is 1. The molecule has 6 heteroatoms. The first kappa shape index (κ1) is 15.5. The van der Waals surface area contributed by atoms with Crippen molar-refractivity contribution in [1.82, 2.24) is 10.2 Å². The Bertz CT molecular complexity index is 641. The fraction of sp³-hybridized carbons (Fsp3) is 0.471. The maximum absolute atomic E-state index is 12.4. The van der Waals surface area contributed by atoms with Crippen molar-refractivity contribution in [2.24, 2.45) is 5.92 Å². The van der Waals surface area contributed by atoms with E-state index in [4.69, 9.17) is 4.74 Å². The van der Waals surface area contributed by atoms with Crippen molar-refractivity contribution < 1.29 is 19.1 Å². The molecule has 1 aliphatic heterocycles. The van der Waals surface area contributed by atoms with E-state index in [2.05, 4.69) is 5.32 Å². The highest BCUT2D eigenvalue weighted by atomic mass is 16.5. The van der Waals surface area contributed by atoms with Crippen LogP contribution in [0.3, 0.4) is 0 Å². The second-order valence-electron chi connectivity index (χ2n) is 6.34. The van der Waals surface area contributed by atoms with Gasteiger partial charge in [0, 0.05) is 0 Å². The number of ether oxygens (including phenoxy) is 1. The van der Waals surface area contributed by atoms with E-state index < -0.39 is 23.6 Å². The summed E-state index contributed by atoms with van der Waals surface area (Å²) < 4.78 is 5.33. The molecule has 0 bridgehead atoms. The zero-order valence-electron chi connectivity index (χ0n) is 13.2. The Kier molecular flexibility index (Phi) is 3.83. The van der Waals surface area contributed by atoms with Crippen molar-refractivity contribution in [1.29, 1.82) is 0 Å². The summed E-state index contributed by atoms with van der Waals surface area (Å²) in [4.78, 5) is 37.5. The third-order valence-corrected chi connectivity index (χ3v) is 4.56. The lowest BCUT2D eigenvalue weighted by molar-refractivity contribution is -0.152. The highest BCUT2D eigenvalue weighted by molar-refractivity contribution is 6.08. The molecule has 6 nitrogen and oxygen atoms in total. The molecule has 0 spiro atoms. The molecule has 2 aliphatic rings. The molecule has 1 aromatic rings. The number of imide groups is 1. The van der Waals surface area contributed by atoms with Crippen molar-refractivity contribution in [3.63, 3.8) is 0 Å². The molecule has 1 aliphatic carbocycles. The number of carbonyl (C=O) groups excluding carboxylic acids is 3. The lowest BCUT2D eigenvalue weighted by Crippen LogP contribution is -2.46. The molecule has 0 aromatic heterocycles. The standard InChI is InChI=1S/C17H20N2O4/c1-11(12-6-4-3-5-7-12)23-14(20)10-19-15(21)17(2,13-8-9-13)18-16(19)22/h3-7,11,13H,8-10H2,1-2H3,(H,18,22). The Balaban J connectivity index is 1.62. The van der Waals surface area contributed by atoms with Crippen LogP contribution >= 0.6 is 0 Å². The number of hydrogen-bond donors (Lipinski definition) is 1. The fourth-order valence-electron chi connectivity index (χ4n) is 2.95. The Morgan fingerprint density at radius 1 is 1.35 bits per heavy atom. The average Bonchev–Trinajstić information content (AvgIpc) is 3.34. The molecule has 1 saturated heterocycles. The van der Waals surface area contributed by atoms with Crippen molar-refractivity contribution in [3.05, 3.63) is 35.9 Å². The number of carbonyl (C=O) groups is 3. The number of hydrogen-bond acceptors (Lipinski definition) is 4. The van der Waals surface area contributed by atoms with Gasteiger partial charge in [0.05, 0.1) is 0 Å². The fourth-order valence-corrected chi connectivity index (χ4v) is 2.95. The minimum atomic E-state index is -0.873. The quantitative estimate of drug-likeness (QED) is 0.666. The number of urea groups is 1. The molecule has 1 heterocycles. The maximum atomic E-state index is 12.4. The average molecular weight is 316 g/mol. The Morgan fingerprint density at radius 2 is 2.00 bits per heavy atom. The van der Waals surface area contributed by atoms with Crippen molar-refractivity contribution >= 4 is 17.9 Å². The zero-order chi connectivity index (χ0) is 16.6. The second kappa shape index (κ2) is 5.68. The summed E-state index contributed by atoms with van der Waals surface area (Å²) in [5.74, 6) is -0.762. The molecule has 2 fully saturated rings. The van der Waals surface area contributed by atoms with E-state index in [0.717, 1.165) is 23.3 Å². The predicted molar refractivity (Wildman–Crippen MR) is 82.3 cm³/mol. The van der Waals surface area contributed by atoms with Crippen LogP contribution in [-0.2, 0) is 14.3 Å². The predicted octanol–water partition coefficient (Wildman–Crippen LogP) is 2.01. The molecule has 1 aromatic carbocycles. The molecule has 1 saturated carbocycles. The van der Waals surface area contributed by atoms with Gasteiger partial charge in [0.15, 0.2) is 0 Å². The number of nitrogens with zero attached hydrogens (tertiary/aromatic N) is 1. The summed E-state index contributed by atoms with van der Waals surface area (Å²) in [6, 6.07) is 8.79. The number of amides is 3. The van der Waals surface area contributed by atoms with Crippen molar-refractivity contribution in [2.75, 3.05) is 6.54 Å². The first-order valence-corrected chi connectivity index (χ1v) is 7.80. The molecule has 1 N–H and O–H groups in total. The Morgan fingerprint density at radius 3 is 2.61 bits per heavy atom. The lowest BCUT2D eigenvalue weighted by atomic mass is 9.96. The van der Waals surface area contributed by atoms with Crippen LogP contribution in [-0.4, -0.2) is 34.9 Å². The third-order valence-electron chi connectivity index (χ3n) is 4.56. The van der Waals surface area contributed by atoms with Crippen LogP contribution in [0.4, 0.5) is 4.79 Å². The molecule has 3 amide bonds. The first-order chi connectivity index (χ1) is 10.9. The van der Waals surface area contributed by atoms with Gasteiger partial charge >= 0.3 is 12.0 Å². The molecule has 2 atom stereocenters. The molecule has 23 heavy (non-hydrogen) atoms. The maximum Gasteiger partial charge on any atom is 0.326 e. The normalized spacial score (nSPS) is 25.2. The van der Waals surface area contributed by atoms with E-state index in [1.807, 2.05) is 30.3 Å². The van der Waals surface area contributed by atoms with Gasteiger partial charge in [0.1, 0.15) is 18.2 Å². The summed E-state index contributed by atoms with van der Waals surface area (Å²) in [6.07, 6.45) is 1.41. The Hall–Kier alpha value is -2.37. The van der Waals surface area contributed by atoms with Gasteiger partial charge in [-0.15, -0.1) is 0 Å². The minimum absolute atomic E-state index is 0.170. The summed E-state index contributed by atoms with van der Waals surface area (Å²) in [7, 11) is 0. The summed E-state index contributed by atoms with van der Waals surface area (Å²) >= 11 is 0. The van der Waals surface area contributed by atoms with E-state index in [0.29, 0.717) is 0 Å². The van der Waals surface area contributed by atoms with E-state index in [-0.39, 0.29) is 18.4 Å². The topological polar surface area (TPSA) is 75.7 Å². The summed E-state index contributed by atoms with van der Waals surface area (Å²) in [5, 5.41) is 2.71. The summed E-state index contributed by atoms with van der Waals surface area (Å²) in [5.41, 5.74) is -0.0107. The second-order valence-corrected chi connectivity index (χ2v) is 6.34. The summed E-state index contributed by atoms with van der Waals surface area (Å²) in [6.45, 7) is 3.13. The zero-order valence-corrected chi connectivity index (χ0v) is 13.2. The van der Waals surface area contributed by atoms with E-state index >= 15 is 0 Å². The Labute approximate surface area is 134 Å². The molecule has 122 valence electrons. The highest BCUT2D eigenvalue weighted by Crippen LogP contribution is 2.42. The van der Waals surface area contributed by atoms with Gasteiger partial charge in [-0.3, -0.25) is 14.5 Å². The van der Waals surface area contributed by atoms with Gasteiger partial charge in [0.25, 0.3) is 5.91 Å². The van der Waals surface area contributed by atoms with Gasteiger partial charge < -0.3 is 10.1 Å². The molecular formula is C17H20N2O4. The first-order valence-electron chi connectivity index (χ1n) is 7.80. The van der Waals surface area contributed by atoms with E-state index in [9.17, 15) is 14.4 Å². The van der Waals surface area contributed by atoms with E-state index in [1.165, 1.54) is 0 Å². The smallest absolute Gasteiger partial charge is 0.326 e. The molecule has 3 rings (SSSR count). The van der Waals surface area contributed by atoms with Crippen LogP contribution in [0, 0.1) is 5.92 Å². The van der Waals surface area contributed by atoms with Crippen molar-refractivity contribution in [3.8, 4) is 0 Å². The van der Waals surface area contributed by atoms with Gasteiger partial charge in [-0.05, 0) is 38.2 Å². The van der Waals surface area contributed by atoms with Crippen LogP contribution in [0.25, 0.3) is 0 Å². The number of esters is 1. The van der Waals surface area contributed by atoms with Gasteiger partial charge in [-0.1, -0.05) is 30.3 Å². The molecule has 0 radical (unpaired) electrons. The van der Waals surface area contributed by atoms with Crippen molar-refractivity contribution in [2.45, 2.75) is 38.3 Å². The van der Waals surface area contributed by atoms with Crippen LogP contribution in [0.1, 0.15) is 38.4 Å². The van der Waals surface area contributed by atoms with Gasteiger partial charge in [-0.2, -0.15) is 0 Å². The van der Waals surface area contributed by atoms with Crippen LogP contribution in [0.2, 0.25) is 0 Å². The lowest BCUT2D eigenvalue weighted by Gasteiger charge is -2.21. The van der Waals surface area contributed by atoms with E-state index in [1.54, 1.807) is 13.8 Å². The minimum Gasteiger partial charge on any atom is -0.456 e. The molecular weight excluding hydrogens is 296 g/mol. The SMILES string of the molecule is CC(OC(=O)CN1C(=O)NC(C)(C2CC2)C1=O)c1ccccc1. The van der Waals surface area contributed by atoms with Gasteiger partial charge in [0.2, 0.25) is 0 Å². The number of nitrogens with one attached hydrogen (secondary N) is 1. The third kappa shape index (κ3) is 2.93. The monoisotopic (exact) mass is 316 g/mol. The van der Waals surface area contributed by atoms with Crippen LogP contribution < -0.4 is 5.32 Å². The van der Waals surface area contributed by atoms with Crippen LogP contribution in [0.5, 0.6) is 0 Å². The van der Waals surface area contributed by atoms with Gasteiger partial charge in [-0.25, -0.2) is 4.79 Å². The molecule has 2 unspecified atom stereocenters. The largest absolute Gasteiger partial charge is 0.456 e. The highest BCUT2D eigenvalue weighted by Gasteiger charge is 2.56. The number of rotatable bonds is 5. The van der Waals surface area contributed by atoms with Crippen LogP contribution in [0.15, 0.2) is 30.3 Å².